The van der Waals surface area contributed by atoms with Gasteiger partial charge in [0, 0.05) is 18.3 Å². The third-order valence-corrected chi connectivity index (χ3v) is 4.96. The van der Waals surface area contributed by atoms with Gasteiger partial charge >= 0.3 is 0 Å². The number of hydrogen-bond donors (Lipinski definition) is 2. The first kappa shape index (κ1) is 15.0. The van der Waals surface area contributed by atoms with Gasteiger partial charge in [0.2, 0.25) is 10.0 Å². The van der Waals surface area contributed by atoms with E-state index in [4.69, 9.17) is 5.73 Å². The molecule has 1 aromatic heterocycles. The maximum Gasteiger partial charge on any atom is 0.246 e. The Balaban J connectivity index is 3.10. The summed E-state index contributed by atoms with van der Waals surface area (Å²) >= 11 is 0. The Kier molecular flexibility index (Phi) is 4.39. The number of nitrogen functional groups attached to an aromatic ring is 1. The minimum atomic E-state index is -3.62. The van der Waals surface area contributed by atoms with Crippen molar-refractivity contribution >= 4 is 15.8 Å². The van der Waals surface area contributed by atoms with Crippen LogP contribution in [0.15, 0.2) is 11.1 Å². The summed E-state index contributed by atoms with van der Waals surface area (Å²) in [6.45, 7) is 8.23. The van der Waals surface area contributed by atoms with Gasteiger partial charge in [-0.15, -0.1) is 0 Å². The van der Waals surface area contributed by atoms with Gasteiger partial charge in [0.15, 0.2) is 5.82 Å². The Hall–Kier alpha value is -1.08. The summed E-state index contributed by atoms with van der Waals surface area (Å²) in [6, 6.07) is 0. The first-order valence-electron chi connectivity index (χ1n) is 6.15. The van der Waals surface area contributed by atoms with Gasteiger partial charge in [-0.3, -0.25) is 4.68 Å². The first-order chi connectivity index (χ1) is 8.28. The van der Waals surface area contributed by atoms with Crippen LogP contribution in [0.5, 0.6) is 0 Å². The van der Waals surface area contributed by atoms with Crippen molar-refractivity contribution in [2.45, 2.75) is 57.5 Å². The summed E-state index contributed by atoms with van der Waals surface area (Å²) < 4.78 is 28.8. The van der Waals surface area contributed by atoms with Crippen molar-refractivity contribution in [1.29, 1.82) is 0 Å². The average Bonchev–Trinajstić information content (AvgIpc) is 2.70. The van der Waals surface area contributed by atoms with Crippen LogP contribution >= 0.6 is 0 Å². The summed E-state index contributed by atoms with van der Waals surface area (Å²) in [4.78, 5) is 0.0532. The smallest absolute Gasteiger partial charge is 0.246 e. The molecule has 104 valence electrons. The van der Waals surface area contributed by atoms with E-state index in [0.29, 0.717) is 19.4 Å². The van der Waals surface area contributed by atoms with Gasteiger partial charge in [-0.05, 0) is 26.7 Å². The van der Waals surface area contributed by atoms with Gasteiger partial charge in [-0.2, -0.15) is 5.10 Å². The molecule has 0 aliphatic rings. The molecule has 0 bridgehead atoms. The molecule has 0 saturated heterocycles. The number of nitrogens with zero attached hydrogens (tertiary/aromatic N) is 2. The molecule has 1 heterocycles. The Labute approximate surface area is 109 Å². The summed E-state index contributed by atoms with van der Waals surface area (Å²) in [5.41, 5.74) is 5.19. The fraction of sp³-hybridized carbons (Fsp3) is 0.727. The Morgan fingerprint density at radius 2 is 1.94 bits per heavy atom. The van der Waals surface area contributed by atoms with Gasteiger partial charge in [-0.25, -0.2) is 13.1 Å². The van der Waals surface area contributed by atoms with Gasteiger partial charge < -0.3 is 5.73 Å². The normalized spacial score (nSPS) is 12.9. The zero-order chi connectivity index (χ0) is 14.0. The van der Waals surface area contributed by atoms with Crippen LogP contribution in [0.4, 0.5) is 5.82 Å². The number of aromatic nitrogens is 2. The third-order valence-electron chi connectivity index (χ3n) is 3.31. The standard InChI is InChI=1S/C11H22N4O2S/c1-5-11(4,6-2)14-18(16,17)9-8-15(7-3)13-10(9)12/h8,14H,5-7H2,1-4H3,(H2,12,13). The first-order valence-corrected chi connectivity index (χ1v) is 7.63. The van der Waals surface area contributed by atoms with Gasteiger partial charge in [0.05, 0.1) is 0 Å². The number of aryl methyl sites for hydroxylation is 1. The molecule has 1 aromatic rings. The van der Waals surface area contributed by atoms with E-state index in [2.05, 4.69) is 9.82 Å². The maximum atomic E-state index is 12.3. The van der Waals surface area contributed by atoms with Crippen LogP contribution in [0.3, 0.4) is 0 Å². The van der Waals surface area contributed by atoms with Crippen molar-refractivity contribution in [3.63, 3.8) is 0 Å². The summed E-state index contributed by atoms with van der Waals surface area (Å²) in [7, 11) is -3.62. The van der Waals surface area contributed by atoms with Gasteiger partial charge in [-0.1, -0.05) is 13.8 Å². The van der Waals surface area contributed by atoms with E-state index < -0.39 is 15.6 Å². The highest BCUT2D eigenvalue weighted by Crippen LogP contribution is 2.21. The second-order valence-corrected chi connectivity index (χ2v) is 6.26. The van der Waals surface area contributed by atoms with E-state index >= 15 is 0 Å². The monoisotopic (exact) mass is 274 g/mol. The molecule has 0 saturated carbocycles. The van der Waals surface area contributed by atoms with Crippen molar-refractivity contribution < 1.29 is 8.42 Å². The lowest BCUT2D eigenvalue weighted by molar-refractivity contribution is 0.389. The van der Waals surface area contributed by atoms with E-state index in [9.17, 15) is 8.42 Å². The van der Waals surface area contributed by atoms with E-state index in [1.807, 2.05) is 27.7 Å². The average molecular weight is 274 g/mol. The Morgan fingerprint density at radius 3 is 2.33 bits per heavy atom. The molecule has 0 radical (unpaired) electrons. The van der Waals surface area contributed by atoms with Crippen LogP contribution in [0.25, 0.3) is 0 Å². The van der Waals surface area contributed by atoms with Crippen molar-refractivity contribution in [1.82, 2.24) is 14.5 Å². The zero-order valence-electron chi connectivity index (χ0n) is 11.4. The molecule has 0 aliphatic carbocycles. The Bertz CT molecular complexity index is 503. The van der Waals surface area contributed by atoms with Crippen molar-refractivity contribution in [3.05, 3.63) is 6.20 Å². The van der Waals surface area contributed by atoms with E-state index in [1.54, 1.807) is 0 Å². The molecular formula is C11H22N4O2S. The van der Waals surface area contributed by atoms with Gasteiger partial charge in [0.25, 0.3) is 0 Å². The summed E-state index contributed by atoms with van der Waals surface area (Å²) in [5.74, 6) is 0.0407. The number of hydrogen-bond acceptors (Lipinski definition) is 4. The van der Waals surface area contributed by atoms with E-state index in [0.717, 1.165) is 0 Å². The number of anilines is 1. The molecule has 0 atom stereocenters. The van der Waals surface area contributed by atoms with Crippen molar-refractivity contribution in [2.24, 2.45) is 0 Å². The summed E-state index contributed by atoms with van der Waals surface area (Å²) in [5, 5.41) is 3.95. The third kappa shape index (κ3) is 3.02. The van der Waals surface area contributed by atoms with E-state index in [-0.39, 0.29) is 10.7 Å². The Morgan fingerprint density at radius 1 is 1.39 bits per heavy atom. The van der Waals surface area contributed by atoms with Crippen LogP contribution in [0.2, 0.25) is 0 Å². The summed E-state index contributed by atoms with van der Waals surface area (Å²) in [6.07, 6.45) is 2.89. The zero-order valence-corrected chi connectivity index (χ0v) is 12.2. The highest BCUT2D eigenvalue weighted by molar-refractivity contribution is 7.89. The maximum absolute atomic E-state index is 12.3. The minimum absolute atomic E-state index is 0.0407. The topological polar surface area (TPSA) is 90.0 Å². The lowest BCUT2D eigenvalue weighted by Gasteiger charge is -2.27. The van der Waals surface area contributed by atoms with Crippen LogP contribution in [0, 0.1) is 0 Å². The molecule has 0 unspecified atom stereocenters. The molecular weight excluding hydrogens is 252 g/mol. The second kappa shape index (κ2) is 5.27. The fourth-order valence-corrected chi connectivity index (χ4v) is 3.18. The van der Waals surface area contributed by atoms with Crippen LogP contribution in [-0.4, -0.2) is 23.7 Å². The number of sulfonamides is 1. The molecule has 0 aliphatic heterocycles. The number of nitrogens with two attached hydrogens (primary N) is 1. The van der Waals surface area contributed by atoms with Crippen molar-refractivity contribution in [2.75, 3.05) is 5.73 Å². The highest BCUT2D eigenvalue weighted by Gasteiger charge is 2.30. The van der Waals surface area contributed by atoms with E-state index in [1.165, 1.54) is 10.9 Å². The molecule has 7 heteroatoms. The number of nitrogens with one attached hydrogen (secondary N) is 1. The second-order valence-electron chi connectivity index (χ2n) is 4.61. The lowest BCUT2D eigenvalue weighted by atomic mass is 9.98. The predicted molar refractivity (Wildman–Crippen MR) is 71.6 cm³/mol. The predicted octanol–water partition coefficient (Wildman–Crippen LogP) is 1.34. The lowest BCUT2D eigenvalue weighted by Crippen LogP contribution is -2.44. The SMILES string of the molecule is CCn1cc(S(=O)(=O)NC(C)(CC)CC)c(N)n1. The fourth-order valence-electron chi connectivity index (χ4n) is 1.56. The molecule has 18 heavy (non-hydrogen) atoms. The molecule has 1 rings (SSSR count). The molecule has 0 fully saturated rings. The molecule has 0 spiro atoms. The van der Waals surface area contributed by atoms with Gasteiger partial charge in [0.1, 0.15) is 4.90 Å². The van der Waals surface area contributed by atoms with Crippen molar-refractivity contribution in [3.8, 4) is 0 Å². The molecule has 3 N–H and O–H groups in total. The van der Waals surface area contributed by atoms with Crippen LogP contribution in [0.1, 0.15) is 40.5 Å². The largest absolute Gasteiger partial charge is 0.381 e. The molecule has 6 nitrogen and oxygen atoms in total. The minimum Gasteiger partial charge on any atom is -0.381 e. The van der Waals surface area contributed by atoms with Crippen LogP contribution < -0.4 is 10.5 Å². The van der Waals surface area contributed by atoms with Crippen LogP contribution in [-0.2, 0) is 16.6 Å². The molecule has 0 amide bonds. The highest BCUT2D eigenvalue weighted by atomic mass is 32.2. The number of rotatable bonds is 6. The molecule has 0 aromatic carbocycles. The quantitative estimate of drug-likeness (QED) is 0.819.